The Morgan fingerprint density at radius 3 is 2.45 bits per heavy atom. The maximum absolute atomic E-state index is 12.5. The molecule has 2 heterocycles. The van der Waals surface area contributed by atoms with E-state index in [4.69, 9.17) is 18.6 Å². The van der Waals surface area contributed by atoms with Crippen molar-refractivity contribution < 1.29 is 18.6 Å². The normalized spacial score (nSPS) is 25.5. The van der Waals surface area contributed by atoms with Gasteiger partial charge in [-0.25, -0.2) is 4.79 Å². The molecule has 1 saturated heterocycles. The van der Waals surface area contributed by atoms with Crippen LogP contribution in [0.5, 0.6) is 5.75 Å². The Labute approximate surface area is 190 Å². The number of rotatable bonds is 7. The first-order valence-electron chi connectivity index (χ1n) is 11.1. The highest BCUT2D eigenvalue weighted by Crippen LogP contribution is 2.38. The predicted molar refractivity (Wildman–Crippen MR) is 123 cm³/mol. The molecule has 7 nitrogen and oxygen atoms in total. The number of likely N-dealkylation sites (tertiary alicyclic amines) is 1. The predicted octanol–water partition coefficient (Wildman–Crippen LogP) is 4.03. The lowest BCUT2D eigenvalue weighted by atomic mass is 9.79. The van der Waals surface area contributed by atoms with Crippen molar-refractivity contribution in [2.75, 3.05) is 40.5 Å². The Morgan fingerprint density at radius 2 is 1.81 bits per heavy atom. The summed E-state index contributed by atoms with van der Waals surface area (Å²) in [6.07, 6.45) is 6.78. The quantitative estimate of drug-likeness (QED) is 0.588. The molecule has 31 heavy (non-hydrogen) atoms. The number of aromatic nitrogens is 1. The van der Waals surface area contributed by atoms with Crippen LogP contribution >= 0.6 is 12.4 Å². The number of ether oxygens (including phenoxy) is 3. The molecule has 0 unspecified atom stereocenters. The van der Waals surface area contributed by atoms with Crippen LogP contribution in [0.2, 0.25) is 0 Å². The summed E-state index contributed by atoms with van der Waals surface area (Å²) in [6, 6.07) is 5.71. The van der Waals surface area contributed by atoms with Gasteiger partial charge in [0.25, 0.3) is 0 Å². The van der Waals surface area contributed by atoms with E-state index in [0.717, 1.165) is 62.9 Å². The van der Waals surface area contributed by atoms with E-state index in [9.17, 15) is 4.79 Å². The lowest BCUT2D eigenvalue weighted by molar-refractivity contribution is -0.0419. The van der Waals surface area contributed by atoms with Crippen molar-refractivity contribution in [1.82, 2.24) is 9.47 Å². The van der Waals surface area contributed by atoms with Crippen LogP contribution in [0.1, 0.15) is 51.5 Å². The van der Waals surface area contributed by atoms with Crippen LogP contribution in [-0.4, -0.2) is 61.6 Å². The number of methoxy groups -OCH3 is 2. The second kappa shape index (κ2) is 10.4. The van der Waals surface area contributed by atoms with Gasteiger partial charge in [0, 0.05) is 37.8 Å². The molecule has 0 N–H and O–H groups in total. The van der Waals surface area contributed by atoms with Crippen LogP contribution in [0.3, 0.4) is 0 Å². The highest BCUT2D eigenvalue weighted by Gasteiger charge is 2.38. The number of hydrogen-bond donors (Lipinski definition) is 0. The van der Waals surface area contributed by atoms with E-state index in [1.807, 2.05) is 22.8 Å². The maximum atomic E-state index is 12.5. The monoisotopic (exact) mass is 454 g/mol. The number of piperidine rings is 1. The van der Waals surface area contributed by atoms with Crippen molar-refractivity contribution in [2.45, 2.75) is 63.1 Å². The lowest BCUT2D eigenvalue weighted by Gasteiger charge is -2.48. The van der Waals surface area contributed by atoms with Gasteiger partial charge < -0.3 is 18.6 Å². The Balaban J connectivity index is 0.00000272. The fourth-order valence-corrected chi connectivity index (χ4v) is 5.14. The van der Waals surface area contributed by atoms with Gasteiger partial charge in [-0.05, 0) is 57.6 Å². The molecular formula is C23H35ClN2O5. The minimum Gasteiger partial charge on any atom is -0.497 e. The van der Waals surface area contributed by atoms with Crippen LogP contribution in [0.15, 0.2) is 27.4 Å². The van der Waals surface area contributed by atoms with Crippen molar-refractivity contribution >= 4 is 23.5 Å². The molecule has 1 aromatic carbocycles. The third-order valence-corrected chi connectivity index (χ3v) is 7.06. The lowest BCUT2D eigenvalue weighted by Crippen LogP contribution is -2.53. The van der Waals surface area contributed by atoms with E-state index in [1.54, 1.807) is 14.2 Å². The van der Waals surface area contributed by atoms with Crippen molar-refractivity contribution in [3.05, 3.63) is 28.7 Å². The summed E-state index contributed by atoms with van der Waals surface area (Å²) in [5.41, 5.74) is 1.68. The molecule has 1 aromatic heterocycles. The maximum Gasteiger partial charge on any atom is 0.420 e. The van der Waals surface area contributed by atoms with E-state index in [-0.39, 0.29) is 29.7 Å². The van der Waals surface area contributed by atoms with E-state index < -0.39 is 0 Å². The van der Waals surface area contributed by atoms with Gasteiger partial charge in [0.05, 0.1) is 31.9 Å². The topological polar surface area (TPSA) is 66.1 Å². The molecule has 0 atom stereocenters. The average Bonchev–Trinajstić information content (AvgIpc) is 3.10. The third kappa shape index (κ3) is 5.11. The van der Waals surface area contributed by atoms with Gasteiger partial charge in [0.2, 0.25) is 0 Å². The third-order valence-electron chi connectivity index (χ3n) is 7.06. The van der Waals surface area contributed by atoms with Crippen molar-refractivity contribution in [2.24, 2.45) is 0 Å². The van der Waals surface area contributed by atoms with E-state index in [1.165, 1.54) is 0 Å². The first-order valence-corrected chi connectivity index (χ1v) is 11.1. The summed E-state index contributed by atoms with van der Waals surface area (Å²) >= 11 is 0. The average molecular weight is 455 g/mol. The highest BCUT2D eigenvalue weighted by atomic mass is 35.5. The van der Waals surface area contributed by atoms with Crippen molar-refractivity contribution in [1.29, 1.82) is 0 Å². The molecule has 2 aromatic rings. The van der Waals surface area contributed by atoms with Gasteiger partial charge in [-0.3, -0.25) is 9.47 Å². The number of nitrogens with zero attached hydrogens (tertiary/aromatic N) is 2. The first kappa shape index (κ1) is 24.1. The van der Waals surface area contributed by atoms with Crippen LogP contribution in [0.4, 0.5) is 0 Å². The molecule has 0 bridgehead atoms. The molecule has 174 valence electrons. The number of oxazole rings is 1. The molecule has 4 rings (SSSR count). The van der Waals surface area contributed by atoms with E-state index in [2.05, 4.69) is 11.8 Å². The zero-order valence-corrected chi connectivity index (χ0v) is 19.6. The van der Waals surface area contributed by atoms with Crippen LogP contribution in [-0.2, 0) is 9.47 Å². The summed E-state index contributed by atoms with van der Waals surface area (Å²) in [4.78, 5) is 15.2. The van der Waals surface area contributed by atoms with Gasteiger partial charge in [-0.15, -0.1) is 12.4 Å². The van der Waals surface area contributed by atoms with Crippen LogP contribution < -0.4 is 10.5 Å². The van der Waals surface area contributed by atoms with E-state index >= 15 is 0 Å². The molecule has 1 aliphatic carbocycles. The van der Waals surface area contributed by atoms with Crippen molar-refractivity contribution in [3.8, 4) is 5.75 Å². The zero-order valence-electron chi connectivity index (χ0n) is 18.8. The Kier molecular flexibility index (Phi) is 8.08. The minimum atomic E-state index is -0.267. The Hall–Kier alpha value is -1.54. The van der Waals surface area contributed by atoms with Gasteiger partial charge >= 0.3 is 5.76 Å². The Morgan fingerprint density at radius 1 is 1.10 bits per heavy atom. The molecule has 1 aliphatic heterocycles. The number of benzene rings is 1. The summed E-state index contributed by atoms with van der Waals surface area (Å²) in [6.45, 7) is 5.73. The highest BCUT2D eigenvalue weighted by molar-refractivity contribution is 5.85. The summed E-state index contributed by atoms with van der Waals surface area (Å²) in [7, 11) is 3.35. The molecule has 0 spiro atoms. The van der Waals surface area contributed by atoms with Crippen LogP contribution in [0.25, 0.3) is 11.1 Å². The first-order chi connectivity index (χ1) is 14.5. The molecule has 1 saturated carbocycles. The number of hydrogen-bond acceptors (Lipinski definition) is 6. The van der Waals surface area contributed by atoms with Crippen LogP contribution in [0, 0.1) is 0 Å². The smallest absolute Gasteiger partial charge is 0.420 e. The molecule has 0 amide bonds. The van der Waals surface area contributed by atoms with Gasteiger partial charge in [-0.1, -0.05) is 0 Å². The summed E-state index contributed by atoms with van der Waals surface area (Å²) in [5, 5.41) is 0. The molecule has 2 aliphatic rings. The standard InChI is InChI=1S/C23H34N2O5.ClH/c1-23(10-6-18(7-11-23)29-15-14-27-2)24-12-8-17(9-13-24)25-20-16-19(28-3)4-5-21(20)30-22(25)26;/h4-5,16-18H,6-15H2,1-3H3;1H. The molecular weight excluding hydrogens is 420 g/mol. The summed E-state index contributed by atoms with van der Waals surface area (Å²) < 4.78 is 23.7. The molecule has 0 radical (unpaired) electrons. The Bertz CT molecular complexity index is 895. The largest absolute Gasteiger partial charge is 0.497 e. The second-order valence-electron chi connectivity index (χ2n) is 8.85. The fraction of sp³-hybridized carbons (Fsp3) is 0.696. The fourth-order valence-electron chi connectivity index (χ4n) is 5.14. The van der Waals surface area contributed by atoms with Gasteiger partial charge in [0.1, 0.15) is 5.75 Å². The van der Waals surface area contributed by atoms with Gasteiger partial charge in [0.15, 0.2) is 5.58 Å². The molecule has 2 fully saturated rings. The van der Waals surface area contributed by atoms with Gasteiger partial charge in [-0.2, -0.15) is 0 Å². The summed E-state index contributed by atoms with van der Waals surface area (Å²) in [5.74, 6) is 0.475. The second-order valence-corrected chi connectivity index (χ2v) is 8.85. The molecule has 8 heteroatoms. The zero-order chi connectivity index (χ0) is 21.1. The number of fused-ring (bicyclic) bond motifs is 1. The SMILES string of the molecule is COCCOC1CCC(C)(N2CCC(n3c(=O)oc4ccc(OC)cc43)CC2)CC1.Cl. The minimum absolute atomic E-state index is 0. The van der Waals surface area contributed by atoms with Crippen molar-refractivity contribution in [3.63, 3.8) is 0 Å². The van der Waals surface area contributed by atoms with E-state index in [0.29, 0.717) is 24.9 Å². The number of halogens is 1.